The van der Waals surface area contributed by atoms with Gasteiger partial charge in [-0.05, 0) is 12.8 Å². The van der Waals surface area contributed by atoms with Crippen molar-refractivity contribution >= 4 is 17.5 Å². The highest BCUT2D eigenvalue weighted by atomic mass is 16.5. The molecule has 0 atom stereocenters. The molecule has 0 saturated carbocycles. The van der Waals surface area contributed by atoms with E-state index in [1.54, 1.807) is 7.11 Å². The lowest BCUT2D eigenvalue weighted by atomic mass is 10.1. The third kappa shape index (κ3) is 5.05. The first-order valence-corrected chi connectivity index (χ1v) is 4.49. The van der Waals surface area contributed by atoms with E-state index in [1.807, 2.05) is 0 Å². The van der Waals surface area contributed by atoms with Crippen molar-refractivity contribution in [1.82, 2.24) is 0 Å². The van der Waals surface area contributed by atoms with Crippen LogP contribution in [0.15, 0.2) is 0 Å². The van der Waals surface area contributed by atoms with E-state index >= 15 is 0 Å². The Morgan fingerprint density at radius 1 is 1.27 bits per heavy atom. The molecule has 0 saturated heterocycles. The number of unbranched alkanes of at least 4 members (excludes halogenated alkanes) is 1. The zero-order valence-electron chi connectivity index (χ0n) is 8.86. The second kappa shape index (κ2) is 7.84. The van der Waals surface area contributed by atoms with Crippen LogP contribution in [0.2, 0.25) is 0 Å². The Labute approximate surface area is 87.8 Å². The van der Waals surface area contributed by atoms with Crippen molar-refractivity contribution in [2.75, 3.05) is 20.8 Å². The monoisotopic (exact) mass is 214 g/mol. The summed E-state index contributed by atoms with van der Waals surface area (Å²) in [6.07, 6.45) is 1.42. The Bertz CT molecular complexity index is 282. The first-order valence-electron chi connectivity index (χ1n) is 4.49. The summed E-state index contributed by atoms with van der Waals surface area (Å²) in [6, 6.07) is 0. The average Bonchev–Trinajstić information content (AvgIpc) is 2.25. The van der Waals surface area contributed by atoms with Gasteiger partial charge in [-0.1, -0.05) is 0 Å². The Morgan fingerprint density at radius 3 is 2.40 bits per heavy atom. The fourth-order valence-corrected chi connectivity index (χ4v) is 0.957. The summed E-state index contributed by atoms with van der Waals surface area (Å²) in [5, 5.41) is 0. The minimum absolute atomic E-state index is 0.137. The second-order valence-electron chi connectivity index (χ2n) is 2.81. The summed E-state index contributed by atoms with van der Waals surface area (Å²) in [6.45, 7) is 0.553. The molecule has 0 spiro atoms. The SMILES string of the molecule is COCCCCC(=O)C(=[N+]=[N-])C(=O)OC. The van der Waals surface area contributed by atoms with Gasteiger partial charge >= 0.3 is 11.7 Å². The van der Waals surface area contributed by atoms with Crippen LogP contribution < -0.4 is 0 Å². The second-order valence-corrected chi connectivity index (χ2v) is 2.81. The van der Waals surface area contributed by atoms with Gasteiger partial charge in [0.05, 0.1) is 7.11 Å². The quantitative estimate of drug-likeness (QED) is 0.151. The first-order chi connectivity index (χ1) is 7.17. The van der Waals surface area contributed by atoms with Gasteiger partial charge in [-0.2, -0.15) is 4.79 Å². The molecular formula is C9H14N2O4. The van der Waals surface area contributed by atoms with Crippen molar-refractivity contribution in [1.29, 1.82) is 0 Å². The molecule has 0 N–H and O–H groups in total. The van der Waals surface area contributed by atoms with E-state index in [0.717, 1.165) is 7.11 Å². The number of ether oxygens (including phenoxy) is 2. The van der Waals surface area contributed by atoms with Crippen LogP contribution in [0.3, 0.4) is 0 Å². The Hall–Kier alpha value is -1.52. The largest absolute Gasteiger partial charge is 0.460 e. The average molecular weight is 214 g/mol. The molecule has 0 unspecified atom stereocenters. The van der Waals surface area contributed by atoms with Gasteiger partial charge in [-0.15, -0.1) is 0 Å². The van der Waals surface area contributed by atoms with Crippen molar-refractivity contribution in [2.45, 2.75) is 19.3 Å². The van der Waals surface area contributed by atoms with E-state index < -0.39 is 17.5 Å². The highest BCUT2D eigenvalue weighted by Crippen LogP contribution is 1.98. The standard InChI is InChI=1S/C9H14N2O4/c1-14-6-4-3-5-7(12)8(11-10)9(13)15-2/h3-6H2,1-2H3. The predicted molar refractivity (Wildman–Crippen MR) is 51.4 cm³/mol. The summed E-state index contributed by atoms with van der Waals surface area (Å²) in [5.74, 6) is -1.45. The third-order valence-electron chi connectivity index (χ3n) is 1.75. The Kier molecular flexibility index (Phi) is 7.05. The van der Waals surface area contributed by atoms with Crippen LogP contribution in [0.25, 0.3) is 5.53 Å². The molecule has 0 aromatic carbocycles. The molecule has 15 heavy (non-hydrogen) atoms. The van der Waals surface area contributed by atoms with Crippen molar-refractivity contribution in [3.05, 3.63) is 5.53 Å². The van der Waals surface area contributed by atoms with Gasteiger partial charge in [0, 0.05) is 20.1 Å². The summed E-state index contributed by atoms with van der Waals surface area (Å²) < 4.78 is 9.07. The molecule has 0 radical (unpaired) electrons. The van der Waals surface area contributed by atoms with Gasteiger partial charge < -0.3 is 15.0 Å². The number of esters is 1. The topological polar surface area (TPSA) is 89.0 Å². The molecule has 0 rings (SSSR count). The number of hydrogen-bond acceptors (Lipinski definition) is 4. The summed E-state index contributed by atoms with van der Waals surface area (Å²) >= 11 is 0. The van der Waals surface area contributed by atoms with Crippen LogP contribution in [-0.4, -0.2) is 43.1 Å². The lowest BCUT2D eigenvalue weighted by Crippen LogP contribution is -2.26. The highest BCUT2D eigenvalue weighted by Gasteiger charge is 2.29. The maximum Gasteiger partial charge on any atom is 0.441 e. The molecule has 0 aliphatic carbocycles. The normalized spacial score (nSPS) is 9.20. The number of ketones is 1. The van der Waals surface area contributed by atoms with Gasteiger partial charge in [0.15, 0.2) is 0 Å². The van der Waals surface area contributed by atoms with Crippen LogP contribution in [0.1, 0.15) is 19.3 Å². The molecule has 84 valence electrons. The minimum Gasteiger partial charge on any atom is -0.460 e. The maximum absolute atomic E-state index is 11.3. The zero-order valence-corrected chi connectivity index (χ0v) is 8.86. The van der Waals surface area contributed by atoms with Gasteiger partial charge in [0.1, 0.15) is 0 Å². The molecule has 6 heteroatoms. The molecule has 0 bridgehead atoms. The van der Waals surface area contributed by atoms with Gasteiger partial charge in [-0.25, -0.2) is 4.79 Å². The Balaban J connectivity index is 4.08. The number of hydrogen-bond donors (Lipinski definition) is 0. The van der Waals surface area contributed by atoms with E-state index in [4.69, 9.17) is 10.3 Å². The summed E-state index contributed by atoms with van der Waals surface area (Å²) in [4.78, 5) is 24.8. The molecule has 0 heterocycles. The van der Waals surface area contributed by atoms with E-state index in [-0.39, 0.29) is 6.42 Å². The van der Waals surface area contributed by atoms with E-state index in [2.05, 4.69) is 9.53 Å². The lowest BCUT2D eigenvalue weighted by molar-refractivity contribution is -0.139. The maximum atomic E-state index is 11.3. The number of carbonyl (C=O) groups is 2. The number of methoxy groups -OCH3 is 2. The van der Waals surface area contributed by atoms with Crippen LogP contribution in [0.5, 0.6) is 0 Å². The number of Topliss-reactive ketones (excluding diaryl/α,β-unsaturated/α-hetero) is 1. The van der Waals surface area contributed by atoms with Crippen molar-refractivity contribution in [3.63, 3.8) is 0 Å². The lowest BCUT2D eigenvalue weighted by Gasteiger charge is -1.97. The van der Waals surface area contributed by atoms with E-state index in [0.29, 0.717) is 19.4 Å². The Morgan fingerprint density at radius 2 is 1.93 bits per heavy atom. The molecule has 0 amide bonds. The van der Waals surface area contributed by atoms with E-state index in [9.17, 15) is 9.59 Å². The molecule has 6 nitrogen and oxygen atoms in total. The zero-order chi connectivity index (χ0) is 11.7. The van der Waals surface area contributed by atoms with E-state index in [1.165, 1.54) is 0 Å². The molecular weight excluding hydrogens is 200 g/mol. The third-order valence-corrected chi connectivity index (χ3v) is 1.75. The van der Waals surface area contributed by atoms with Crippen molar-refractivity contribution in [3.8, 4) is 0 Å². The fourth-order valence-electron chi connectivity index (χ4n) is 0.957. The number of carbonyl (C=O) groups excluding carboxylic acids is 2. The summed E-state index contributed by atoms with van der Waals surface area (Å²) in [5.41, 5.74) is 7.88. The molecule has 0 aliphatic rings. The molecule has 0 fully saturated rings. The highest BCUT2D eigenvalue weighted by molar-refractivity contribution is 6.62. The van der Waals surface area contributed by atoms with Crippen LogP contribution in [-0.2, 0) is 19.1 Å². The number of nitrogens with zero attached hydrogens (tertiary/aromatic N) is 2. The van der Waals surface area contributed by atoms with Crippen LogP contribution in [0, 0.1) is 0 Å². The van der Waals surface area contributed by atoms with Crippen molar-refractivity contribution in [2.24, 2.45) is 0 Å². The fraction of sp³-hybridized carbons (Fsp3) is 0.667. The van der Waals surface area contributed by atoms with Crippen LogP contribution in [0.4, 0.5) is 0 Å². The predicted octanol–water partition coefficient (Wildman–Crippen LogP) is 0.216. The minimum atomic E-state index is -0.922. The number of rotatable bonds is 7. The van der Waals surface area contributed by atoms with Gasteiger partial charge in [0.25, 0.3) is 5.78 Å². The molecule has 0 aliphatic heterocycles. The molecule has 0 aromatic rings. The molecule has 0 aromatic heterocycles. The van der Waals surface area contributed by atoms with Crippen molar-refractivity contribution < 1.29 is 23.9 Å². The summed E-state index contributed by atoms with van der Waals surface area (Å²) in [7, 11) is 2.68. The van der Waals surface area contributed by atoms with Gasteiger partial charge in [-0.3, -0.25) is 4.79 Å². The first kappa shape index (κ1) is 13.5. The van der Waals surface area contributed by atoms with Crippen LogP contribution >= 0.6 is 0 Å². The van der Waals surface area contributed by atoms with Gasteiger partial charge in [0.2, 0.25) is 0 Å². The smallest absolute Gasteiger partial charge is 0.441 e.